The quantitative estimate of drug-likeness (QED) is 0.489. The lowest BCUT2D eigenvalue weighted by Gasteiger charge is -2.42. The van der Waals surface area contributed by atoms with Crippen LogP contribution in [-0.4, -0.2) is 48.0 Å². The Hall–Kier alpha value is -3.43. The Morgan fingerprint density at radius 1 is 1.03 bits per heavy atom. The van der Waals surface area contributed by atoms with Crippen molar-refractivity contribution in [2.45, 2.75) is 38.0 Å². The fraction of sp³-hybridized carbons (Fsp3) is 0.320. The number of hydrogen-bond acceptors (Lipinski definition) is 5. The van der Waals surface area contributed by atoms with Crippen molar-refractivity contribution in [2.24, 2.45) is 0 Å². The summed E-state index contributed by atoms with van der Waals surface area (Å²) in [5.41, 5.74) is 0.644. The third kappa shape index (κ3) is 4.12. The predicted octanol–water partition coefficient (Wildman–Crippen LogP) is 3.45. The first kappa shape index (κ1) is 22.4. The molecular formula is C25H25F2N5O2. The zero-order valence-electron chi connectivity index (χ0n) is 18.7. The molecule has 0 radical (unpaired) electrons. The van der Waals surface area contributed by atoms with Gasteiger partial charge < -0.3 is 5.11 Å². The average Bonchev–Trinajstić information content (AvgIpc) is 3.27. The standard InChI is InChI=1S/C25H25F2N5O2/c1-17(25(34)10-12-30(13-11-25)15-18-2-4-19(26)5-3-18)31-16-28-23-22(24(31)33)14-29-32(23)21-8-6-20(27)7-9-21/h2-9,14,16-17,34H,10-13,15H2,1H3/t17-/m0/s1. The lowest BCUT2D eigenvalue weighted by atomic mass is 9.84. The minimum atomic E-state index is -1.06. The second-order valence-electron chi connectivity index (χ2n) is 8.91. The van der Waals surface area contributed by atoms with Crippen molar-refractivity contribution in [3.8, 4) is 5.69 Å². The third-order valence-electron chi connectivity index (χ3n) is 6.82. The van der Waals surface area contributed by atoms with Crippen LogP contribution in [0.2, 0.25) is 0 Å². The summed E-state index contributed by atoms with van der Waals surface area (Å²) < 4.78 is 29.4. The number of rotatable bonds is 5. The number of nitrogens with zero attached hydrogens (tertiary/aromatic N) is 5. The zero-order chi connectivity index (χ0) is 23.9. The van der Waals surface area contributed by atoms with Gasteiger partial charge in [-0.15, -0.1) is 0 Å². The van der Waals surface area contributed by atoms with E-state index in [9.17, 15) is 18.7 Å². The lowest BCUT2D eigenvalue weighted by molar-refractivity contribution is -0.0589. The minimum absolute atomic E-state index is 0.259. The van der Waals surface area contributed by atoms with Gasteiger partial charge in [0.15, 0.2) is 5.65 Å². The molecule has 4 aromatic rings. The molecule has 3 heterocycles. The first-order chi connectivity index (χ1) is 16.3. The van der Waals surface area contributed by atoms with Crippen molar-refractivity contribution in [1.82, 2.24) is 24.2 Å². The molecule has 0 bridgehead atoms. The van der Waals surface area contributed by atoms with Gasteiger partial charge in [-0.2, -0.15) is 5.10 Å². The highest BCUT2D eigenvalue weighted by Crippen LogP contribution is 2.33. The van der Waals surface area contributed by atoms with Crippen LogP contribution in [0.5, 0.6) is 0 Å². The molecule has 0 saturated carbocycles. The van der Waals surface area contributed by atoms with Crippen molar-refractivity contribution in [3.63, 3.8) is 0 Å². The molecule has 9 heteroatoms. The lowest BCUT2D eigenvalue weighted by Crippen LogP contribution is -2.50. The maximum atomic E-state index is 13.3. The topological polar surface area (TPSA) is 76.2 Å². The van der Waals surface area contributed by atoms with Gasteiger partial charge in [-0.3, -0.25) is 14.3 Å². The SMILES string of the molecule is C[C@H](n1cnc2c(cnn2-c2ccc(F)cc2)c1=O)C1(O)CCN(Cc2ccc(F)cc2)CC1. The Bertz CT molecular complexity index is 1360. The molecule has 2 aromatic carbocycles. The van der Waals surface area contributed by atoms with Crippen LogP contribution in [-0.2, 0) is 6.54 Å². The van der Waals surface area contributed by atoms with Gasteiger partial charge in [0, 0.05) is 19.6 Å². The van der Waals surface area contributed by atoms with E-state index < -0.39 is 11.6 Å². The number of hydrogen-bond donors (Lipinski definition) is 1. The Morgan fingerprint density at radius 2 is 1.65 bits per heavy atom. The number of aliphatic hydroxyl groups is 1. The van der Waals surface area contributed by atoms with Crippen LogP contribution in [0.15, 0.2) is 65.8 Å². The summed E-state index contributed by atoms with van der Waals surface area (Å²) in [5.74, 6) is -0.619. The highest BCUT2D eigenvalue weighted by molar-refractivity contribution is 5.74. The van der Waals surface area contributed by atoms with E-state index in [1.807, 2.05) is 6.92 Å². The Balaban J connectivity index is 1.34. The Morgan fingerprint density at radius 3 is 2.29 bits per heavy atom. The highest BCUT2D eigenvalue weighted by atomic mass is 19.1. The maximum Gasteiger partial charge on any atom is 0.264 e. The van der Waals surface area contributed by atoms with Crippen molar-refractivity contribution >= 4 is 11.0 Å². The minimum Gasteiger partial charge on any atom is -0.388 e. The van der Waals surface area contributed by atoms with Gasteiger partial charge in [0.05, 0.1) is 23.5 Å². The van der Waals surface area contributed by atoms with Crippen LogP contribution in [0.1, 0.15) is 31.4 Å². The summed E-state index contributed by atoms with van der Waals surface area (Å²) in [6.45, 7) is 3.83. The van der Waals surface area contributed by atoms with Crippen molar-refractivity contribution < 1.29 is 13.9 Å². The maximum absolute atomic E-state index is 13.3. The van der Waals surface area contributed by atoms with E-state index in [4.69, 9.17) is 0 Å². The van der Waals surface area contributed by atoms with Crippen LogP contribution in [0.3, 0.4) is 0 Å². The van der Waals surface area contributed by atoms with Gasteiger partial charge in [-0.25, -0.2) is 18.4 Å². The van der Waals surface area contributed by atoms with Gasteiger partial charge in [-0.1, -0.05) is 12.1 Å². The molecule has 1 aliphatic heterocycles. The largest absolute Gasteiger partial charge is 0.388 e. The second-order valence-corrected chi connectivity index (χ2v) is 8.91. The van der Waals surface area contributed by atoms with E-state index in [1.165, 1.54) is 46.0 Å². The van der Waals surface area contributed by atoms with Crippen molar-refractivity contribution in [1.29, 1.82) is 0 Å². The van der Waals surface area contributed by atoms with Crippen LogP contribution in [0.4, 0.5) is 8.78 Å². The third-order valence-corrected chi connectivity index (χ3v) is 6.82. The van der Waals surface area contributed by atoms with Crippen LogP contribution < -0.4 is 5.56 Å². The molecule has 176 valence electrons. The predicted molar refractivity (Wildman–Crippen MR) is 124 cm³/mol. The van der Waals surface area contributed by atoms with Gasteiger partial charge in [0.25, 0.3) is 5.56 Å². The fourth-order valence-electron chi connectivity index (χ4n) is 4.60. The van der Waals surface area contributed by atoms with Crippen molar-refractivity contribution in [2.75, 3.05) is 13.1 Å². The summed E-state index contributed by atoms with van der Waals surface area (Å²) >= 11 is 0. The van der Waals surface area contributed by atoms with E-state index in [0.717, 1.165) is 5.56 Å². The summed E-state index contributed by atoms with van der Waals surface area (Å²) in [5, 5.41) is 16.0. The Labute approximate surface area is 194 Å². The summed E-state index contributed by atoms with van der Waals surface area (Å²) in [6.07, 6.45) is 3.88. The van der Waals surface area contributed by atoms with Crippen LogP contribution >= 0.6 is 0 Å². The van der Waals surface area contributed by atoms with E-state index >= 15 is 0 Å². The number of piperidine rings is 1. The molecule has 5 rings (SSSR count). The molecule has 0 aliphatic carbocycles. The number of benzene rings is 2. The smallest absolute Gasteiger partial charge is 0.264 e. The van der Waals surface area contributed by atoms with Gasteiger partial charge in [0.1, 0.15) is 23.3 Å². The molecule has 2 aromatic heterocycles. The monoisotopic (exact) mass is 465 g/mol. The molecule has 1 atom stereocenters. The second kappa shape index (κ2) is 8.73. The van der Waals surface area contributed by atoms with E-state index in [0.29, 0.717) is 49.2 Å². The first-order valence-electron chi connectivity index (χ1n) is 11.2. The van der Waals surface area contributed by atoms with E-state index in [2.05, 4.69) is 15.0 Å². The molecule has 0 spiro atoms. The Kier molecular flexibility index (Phi) is 5.75. The van der Waals surface area contributed by atoms with Gasteiger partial charge in [-0.05, 0) is 61.7 Å². The number of halogens is 2. The molecule has 1 N–H and O–H groups in total. The number of aromatic nitrogens is 4. The molecule has 1 fully saturated rings. The average molecular weight is 466 g/mol. The zero-order valence-corrected chi connectivity index (χ0v) is 18.7. The van der Waals surface area contributed by atoms with E-state index in [-0.39, 0.29) is 17.2 Å². The molecular weight excluding hydrogens is 440 g/mol. The fourth-order valence-corrected chi connectivity index (χ4v) is 4.60. The first-order valence-corrected chi connectivity index (χ1v) is 11.2. The molecule has 0 amide bonds. The van der Waals surface area contributed by atoms with Crippen LogP contribution in [0, 0.1) is 11.6 Å². The number of fused-ring (bicyclic) bond motifs is 1. The molecule has 1 saturated heterocycles. The summed E-state index contributed by atoms with van der Waals surface area (Å²) in [7, 11) is 0. The van der Waals surface area contributed by atoms with E-state index in [1.54, 1.807) is 24.3 Å². The normalized spacial score (nSPS) is 17.2. The molecule has 7 nitrogen and oxygen atoms in total. The number of likely N-dealkylation sites (tertiary alicyclic amines) is 1. The van der Waals surface area contributed by atoms with Crippen LogP contribution in [0.25, 0.3) is 16.7 Å². The van der Waals surface area contributed by atoms with Gasteiger partial charge >= 0.3 is 0 Å². The summed E-state index contributed by atoms with van der Waals surface area (Å²) in [6, 6.07) is 11.7. The van der Waals surface area contributed by atoms with Crippen molar-refractivity contribution in [3.05, 3.63) is 88.6 Å². The summed E-state index contributed by atoms with van der Waals surface area (Å²) in [4.78, 5) is 19.9. The highest BCUT2D eigenvalue weighted by Gasteiger charge is 2.39. The molecule has 34 heavy (non-hydrogen) atoms. The molecule has 1 aliphatic rings. The van der Waals surface area contributed by atoms with Gasteiger partial charge in [0.2, 0.25) is 0 Å². The molecule has 0 unspecified atom stereocenters.